The van der Waals surface area contributed by atoms with E-state index in [2.05, 4.69) is 16.5 Å². The minimum Gasteiger partial charge on any atom is -0.496 e. The van der Waals surface area contributed by atoms with E-state index in [0.717, 1.165) is 25.2 Å². The van der Waals surface area contributed by atoms with Gasteiger partial charge in [0.2, 0.25) is 15.9 Å². The molecule has 0 saturated carbocycles. The van der Waals surface area contributed by atoms with Gasteiger partial charge >= 0.3 is 0 Å². The van der Waals surface area contributed by atoms with Gasteiger partial charge in [0.15, 0.2) is 0 Å². The second-order valence-corrected chi connectivity index (χ2v) is 8.29. The van der Waals surface area contributed by atoms with Crippen molar-refractivity contribution in [1.82, 2.24) is 14.5 Å². The highest BCUT2D eigenvalue weighted by Crippen LogP contribution is 2.25. The molecule has 1 aliphatic heterocycles. The zero-order chi connectivity index (χ0) is 19.3. The average Bonchev–Trinajstić information content (AvgIpc) is 2.62. The maximum absolute atomic E-state index is 12.6. The van der Waals surface area contributed by atoms with Crippen LogP contribution >= 0.6 is 0 Å². The van der Waals surface area contributed by atoms with E-state index in [-0.39, 0.29) is 23.8 Å². The molecule has 26 heavy (non-hydrogen) atoms. The fourth-order valence-corrected chi connectivity index (χ4v) is 4.46. The molecular weight excluding hydrogens is 354 g/mol. The fraction of sp³-hybridized carbons (Fsp3) is 0.611. The van der Waals surface area contributed by atoms with Crippen LogP contribution in [0.5, 0.6) is 5.75 Å². The van der Waals surface area contributed by atoms with Gasteiger partial charge in [-0.25, -0.2) is 13.1 Å². The zero-order valence-electron chi connectivity index (χ0n) is 16.0. The number of sulfonamides is 1. The molecule has 1 heterocycles. The number of carbonyl (C=O) groups excluding carboxylic acids is 1. The summed E-state index contributed by atoms with van der Waals surface area (Å²) in [5.41, 5.74) is 1.37. The molecule has 8 heteroatoms. The van der Waals surface area contributed by atoms with Gasteiger partial charge in [0.1, 0.15) is 5.75 Å². The number of nitrogens with one attached hydrogen (secondary N) is 1. The number of likely N-dealkylation sites (N-methyl/N-ethyl adjacent to an activating group) is 1. The van der Waals surface area contributed by atoms with E-state index < -0.39 is 10.0 Å². The van der Waals surface area contributed by atoms with Crippen molar-refractivity contribution < 1.29 is 17.9 Å². The fourth-order valence-electron chi connectivity index (χ4n) is 3.11. The van der Waals surface area contributed by atoms with Gasteiger partial charge in [-0.3, -0.25) is 4.79 Å². The van der Waals surface area contributed by atoms with Crippen LogP contribution in [0, 0.1) is 13.8 Å². The van der Waals surface area contributed by atoms with Crippen molar-refractivity contribution in [2.75, 3.05) is 46.4 Å². The predicted octanol–water partition coefficient (Wildman–Crippen LogP) is 1.14. The zero-order valence-corrected chi connectivity index (χ0v) is 16.9. The molecule has 1 saturated heterocycles. The lowest BCUT2D eigenvalue weighted by atomic mass is 10.1. The predicted molar refractivity (Wildman–Crippen MR) is 101 cm³/mol. The molecule has 0 radical (unpaired) electrons. The topological polar surface area (TPSA) is 79.0 Å². The van der Waals surface area contributed by atoms with E-state index in [9.17, 15) is 13.2 Å². The molecule has 1 aliphatic rings. The van der Waals surface area contributed by atoms with Gasteiger partial charge in [0.05, 0.1) is 12.0 Å². The number of benzene rings is 1. The number of hydrogen-bond acceptors (Lipinski definition) is 5. The van der Waals surface area contributed by atoms with Crippen LogP contribution in [-0.4, -0.2) is 70.5 Å². The highest BCUT2D eigenvalue weighted by atomic mass is 32.2. The Morgan fingerprint density at radius 2 is 1.81 bits per heavy atom. The van der Waals surface area contributed by atoms with E-state index in [1.165, 1.54) is 0 Å². The van der Waals surface area contributed by atoms with Gasteiger partial charge < -0.3 is 14.5 Å². The maximum Gasteiger partial charge on any atom is 0.240 e. The highest BCUT2D eigenvalue weighted by Gasteiger charge is 2.22. The SMILES string of the molecule is CCN1CCN(C(=O)CCNS(=O)(=O)c2cc(C)c(OC)cc2C)CC1. The third-order valence-corrected chi connectivity index (χ3v) is 6.39. The second-order valence-electron chi connectivity index (χ2n) is 6.55. The number of aryl methyl sites for hydroxylation is 2. The third kappa shape index (κ3) is 4.96. The van der Waals surface area contributed by atoms with E-state index in [1.807, 2.05) is 4.90 Å². The first-order valence-electron chi connectivity index (χ1n) is 8.93. The van der Waals surface area contributed by atoms with Crippen LogP contribution in [0.25, 0.3) is 0 Å². The normalized spacial score (nSPS) is 15.9. The molecule has 0 atom stereocenters. The lowest BCUT2D eigenvalue weighted by Crippen LogP contribution is -2.49. The van der Waals surface area contributed by atoms with Crippen molar-refractivity contribution in [2.45, 2.75) is 32.1 Å². The summed E-state index contributed by atoms with van der Waals surface area (Å²) < 4.78 is 32.9. The number of methoxy groups -OCH3 is 1. The molecule has 2 rings (SSSR count). The van der Waals surface area contributed by atoms with E-state index in [0.29, 0.717) is 24.4 Å². The number of carbonyl (C=O) groups is 1. The van der Waals surface area contributed by atoms with Crippen LogP contribution in [0.3, 0.4) is 0 Å². The van der Waals surface area contributed by atoms with Crippen LogP contribution in [0.2, 0.25) is 0 Å². The Bertz CT molecular complexity index is 741. The Morgan fingerprint density at radius 3 is 2.38 bits per heavy atom. The number of amides is 1. The van der Waals surface area contributed by atoms with Crippen LogP contribution in [0.15, 0.2) is 17.0 Å². The van der Waals surface area contributed by atoms with Crippen molar-refractivity contribution in [3.63, 3.8) is 0 Å². The monoisotopic (exact) mass is 383 g/mol. The van der Waals surface area contributed by atoms with E-state index >= 15 is 0 Å². The van der Waals surface area contributed by atoms with Crippen molar-refractivity contribution in [1.29, 1.82) is 0 Å². The van der Waals surface area contributed by atoms with Gasteiger partial charge in [-0.05, 0) is 43.7 Å². The molecule has 1 amide bonds. The Kier molecular flexibility index (Phi) is 7.02. The standard InChI is InChI=1S/C18H29N3O4S/c1-5-20-8-10-21(11-9-20)18(22)6-7-19-26(23,24)17-13-14(2)16(25-4)12-15(17)3/h12-13,19H,5-11H2,1-4H3. The summed E-state index contributed by atoms with van der Waals surface area (Å²) in [7, 11) is -2.11. The number of nitrogens with zero attached hydrogens (tertiary/aromatic N) is 2. The largest absolute Gasteiger partial charge is 0.496 e. The van der Waals surface area contributed by atoms with Crippen LogP contribution in [0.1, 0.15) is 24.5 Å². The number of hydrogen-bond donors (Lipinski definition) is 1. The van der Waals surface area contributed by atoms with Gasteiger partial charge in [-0.1, -0.05) is 6.92 Å². The molecule has 0 unspecified atom stereocenters. The van der Waals surface area contributed by atoms with Gasteiger partial charge in [0.25, 0.3) is 0 Å². The smallest absolute Gasteiger partial charge is 0.240 e. The molecule has 1 N–H and O–H groups in total. The quantitative estimate of drug-likeness (QED) is 0.764. The van der Waals surface area contributed by atoms with Gasteiger partial charge in [-0.15, -0.1) is 0 Å². The third-order valence-electron chi connectivity index (χ3n) is 4.79. The number of rotatable bonds is 7. The molecule has 1 aromatic rings. The Morgan fingerprint density at radius 1 is 1.15 bits per heavy atom. The first-order chi connectivity index (χ1) is 12.3. The molecule has 146 valence electrons. The summed E-state index contributed by atoms with van der Waals surface area (Å²) in [6.45, 7) is 9.88. The molecule has 0 aliphatic carbocycles. The lowest BCUT2D eigenvalue weighted by molar-refractivity contribution is -0.132. The van der Waals surface area contributed by atoms with Crippen LogP contribution in [-0.2, 0) is 14.8 Å². The Labute approximate surface area is 156 Å². The summed E-state index contributed by atoms with van der Waals surface area (Å²) in [6, 6.07) is 3.31. The summed E-state index contributed by atoms with van der Waals surface area (Å²) in [5.74, 6) is 0.647. The molecule has 0 bridgehead atoms. The lowest BCUT2D eigenvalue weighted by Gasteiger charge is -2.34. The first-order valence-corrected chi connectivity index (χ1v) is 10.4. The van der Waals surface area contributed by atoms with Crippen molar-refractivity contribution in [3.05, 3.63) is 23.3 Å². The first kappa shape index (κ1) is 20.7. The number of ether oxygens (including phenoxy) is 1. The molecular formula is C18H29N3O4S. The molecule has 7 nitrogen and oxygen atoms in total. The minimum absolute atomic E-state index is 0.00825. The van der Waals surface area contributed by atoms with Gasteiger partial charge in [0, 0.05) is 39.1 Å². The molecule has 0 aromatic heterocycles. The van der Waals surface area contributed by atoms with Crippen LogP contribution < -0.4 is 9.46 Å². The van der Waals surface area contributed by atoms with Crippen molar-refractivity contribution in [2.24, 2.45) is 0 Å². The average molecular weight is 384 g/mol. The summed E-state index contributed by atoms with van der Waals surface area (Å²) in [6.07, 6.45) is 0.166. The molecule has 0 spiro atoms. The van der Waals surface area contributed by atoms with E-state index in [4.69, 9.17) is 4.74 Å². The van der Waals surface area contributed by atoms with Gasteiger partial charge in [-0.2, -0.15) is 0 Å². The maximum atomic E-state index is 12.6. The Balaban J connectivity index is 1.92. The summed E-state index contributed by atoms with van der Waals surface area (Å²) in [5, 5.41) is 0. The minimum atomic E-state index is -3.66. The van der Waals surface area contributed by atoms with Crippen molar-refractivity contribution in [3.8, 4) is 5.75 Å². The Hall–Kier alpha value is -1.64. The molecule has 1 aromatic carbocycles. The summed E-state index contributed by atoms with van der Waals surface area (Å²) >= 11 is 0. The molecule has 1 fully saturated rings. The van der Waals surface area contributed by atoms with Crippen LogP contribution in [0.4, 0.5) is 0 Å². The summed E-state index contributed by atoms with van der Waals surface area (Å²) in [4.78, 5) is 16.6. The van der Waals surface area contributed by atoms with E-state index in [1.54, 1.807) is 33.1 Å². The van der Waals surface area contributed by atoms with Crippen molar-refractivity contribution >= 4 is 15.9 Å². The second kappa shape index (κ2) is 8.83. The highest BCUT2D eigenvalue weighted by molar-refractivity contribution is 7.89. The number of piperazine rings is 1.